The quantitative estimate of drug-likeness (QED) is 0.863. The number of benzene rings is 1. The summed E-state index contributed by atoms with van der Waals surface area (Å²) >= 11 is 6.05. The minimum Gasteiger partial charge on any atom is -0.386 e. The van der Waals surface area contributed by atoms with Gasteiger partial charge in [0, 0.05) is 31.1 Å². The van der Waals surface area contributed by atoms with Crippen molar-refractivity contribution in [2.24, 2.45) is 0 Å². The van der Waals surface area contributed by atoms with Gasteiger partial charge in [-0.05, 0) is 24.1 Å². The highest BCUT2D eigenvalue weighted by molar-refractivity contribution is 6.31. The summed E-state index contributed by atoms with van der Waals surface area (Å²) in [5.74, 6) is 0. The van der Waals surface area contributed by atoms with Crippen LogP contribution in [0.1, 0.15) is 17.5 Å². The summed E-state index contributed by atoms with van der Waals surface area (Å²) in [7, 11) is 0. The number of ether oxygens (including phenoxy) is 1. The first kappa shape index (κ1) is 12.8. The summed E-state index contributed by atoms with van der Waals surface area (Å²) in [6.45, 7) is 4.32. The predicted molar refractivity (Wildman–Crippen MR) is 68.3 cm³/mol. The van der Waals surface area contributed by atoms with E-state index in [4.69, 9.17) is 16.3 Å². The lowest BCUT2D eigenvalue weighted by Crippen LogP contribution is -2.40. The molecule has 0 aliphatic carbocycles. The lowest BCUT2D eigenvalue weighted by molar-refractivity contribution is 0.0268. The molecule has 2 rings (SSSR count). The molecule has 0 radical (unpaired) electrons. The molecule has 0 spiro atoms. The molecule has 1 aromatic rings. The maximum absolute atomic E-state index is 10.1. The minimum absolute atomic E-state index is 0.425. The highest BCUT2D eigenvalue weighted by atomic mass is 35.5. The zero-order valence-corrected chi connectivity index (χ0v) is 10.8. The summed E-state index contributed by atoms with van der Waals surface area (Å²) in [6.07, 6.45) is 0.703. The van der Waals surface area contributed by atoms with Crippen LogP contribution < -0.4 is 5.32 Å². The average molecular weight is 256 g/mol. The van der Waals surface area contributed by atoms with E-state index < -0.39 is 5.60 Å². The number of halogens is 1. The van der Waals surface area contributed by atoms with Crippen molar-refractivity contribution < 1.29 is 9.84 Å². The van der Waals surface area contributed by atoms with Gasteiger partial charge in [-0.1, -0.05) is 23.7 Å². The van der Waals surface area contributed by atoms with Crippen LogP contribution in [0.3, 0.4) is 0 Å². The molecule has 1 aromatic carbocycles. The molecule has 94 valence electrons. The second-order valence-electron chi connectivity index (χ2n) is 4.71. The van der Waals surface area contributed by atoms with Crippen LogP contribution in [0, 0.1) is 6.92 Å². The molecule has 0 aromatic heterocycles. The fourth-order valence-electron chi connectivity index (χ4n) is 1.92. The fourth-order valence-corrected chi connectivity index (χ4v) is 2.12. The van der Waals surface area contributed by atoms with Gasteiger partial charge in [0.05, 0.1) is 6.61 Å². The van der Waals surface area contributed by atoms with Gasteiger partial charge in [-0.25, -0.2) is 0 Å². The number of aliphatic hydroxyl groups is 1. The SMILES string of the molecule is Cc1ccc(CNCC2(O)CCOC2)cc1Cl. The monoisotopic (exact) mass is 255 g/mol. The number of nitrogens with one attached hydrogen (secondary N) is 1. The largest absolute Gasteiger partial charge is 0.386 e. The molecule has 1 aliphatic heterocycles. The molecule has 1 heterocycles. The van der Waals surface area contributed by atoms with Crippen molar-refractivity contribution in [3.05, 3.63) is 34.3 Å². The molecule has 3 nitrogen and oxygen atoms in total. The van der Waals surface area contributed by atoms with Crippen LogP contribution >= 0.6 is 11.6 Å². The van der Waals surface area contributed by atoms with E-state index in [-0.39, 0.29) is 0 Å². The van der Waals surface area contributed by atoms with Crippen molar-refractivity contribution >= 4 is 11.6 Å². The number of hydrogen-bond donors (Lipinski definition) is 2. The highest BCUT2D eigenvalue weighted by Crippen LogP contribution is 2.18. The Labute approximate surface area is 107 Å². The molecule has 1 aliphatic rings. The zero-order valence-electron chi connectivity index (χ0n) is 10.0. The summed E-state index contributed by atoms with van der Waals surface area (Å²) in [5, 5.41) is 14.1. The standard InChI is InChI=1S/C13H18ClNO2/c1-10-2-3-11(6-12(10)14)7-15-8-13(16)4-5-17-9-13/h2-3,6,15-16H,4-5,7-9H2,1H3. The van der Waals surface area contributed by atoms with Crippen molar-refractivity contribution in [1.82, 2.24) is 5.32 Å². The first-order valence-electron chi connectivity index (χ1n) is 5.85. The summed E-state index contributed by atoms with van der Waals surface area (Å²) in [6, 6.07) is 6.01. The number of rotatable bonds is 4. The summed E-state index contributed by atoms with van der Waals surface area (Å²) < 4.78 is 5.19. The van der Waals surface area contributed by atoms with Gasteiger partial charge in [-0.15, -0.1) is 0 Å². The first-order valence-corrected chi connectivity index (χ1v) is 6.23. The van der Waals surface area contributed by atoms with Crippen molar-refractivity contribution in [3.8, 4) is 0 Å². The fraction of sp³-hybridized carbons (Fsp3) is 0.538. The first-order chi connectivity index (χ1) is 8.09. The lowest BCUT2D eigenvalue weighted by Gasteiger charge is -2.20. The van der Waals surface area contributed by atoms with Crippen molar-refractivity contribution in [1.29, 1.82) is 0 Å². The lowest BCUT2D eigenvalue weighted by atomic mass is 10.0. The molecule has 0 saturated carbocycles. The van der Waals surface area contributed by atoms with E-state index in [0.29, 0.717) is 32.7 Å². The molecule has 1 fully saturated rings. The normalized spacial score (nSPS) is 24.2. The maximum Gasteiger partial charge on any atom is 0.102 e. The minimum atomic E-state index is -0.700. The average Bonchev–Trinajstić information content (AvgIpc) is 2.71. The second-order valence-corrected chi connectivity index (χ2v) is 5.12. The van der Waals surface area contributed by atoms with Gasteiger partial charge < -0.3 is 15.2 Å². The van der Waals surface area contributed by atoms with E-state index in [1.807, 2.05) is 25.1 Å². The van der Waals surface area contributed by atoms with Gasteiger partial charge in [0.25, 0.3) is 0 Å². The van der Waals surface area contributed by atoms with Gasteiger partial charge in [0.2, 0.25) is 0 Å². The summed E-state index contributed by atoms with van der Waals surface area (Å²) in [5.41, 5.74) is 1.51. The Morgan fingerprint density at radius 3 is 3.00 bits per heavy atom. The molecule has 1 unspecified atom stereocenters. The Morgan fingerprint density at radius 2 is 2.35 bits per heavy atom. The number of hydrogen-bond acceptors (Lipinski definition) is 3. The van der Waals surface area contributed by atoms with E-state index >= 15 is 0 Å². The molecule has 1 atom stereocenters. The second kappa shape index (κ2) is 5.36. The molecule has 1 saturated heterocycles. The van der Waals surface area contributed by atoms with Gasteiger partial charge >= 0.3 is 0 Å². The van der Waals surface area contributed by atoms with Gasteiger partial charge in [-0.3, -0.25) is 0 Å². The smallest absolute Gasteiger partial charge is 0.102 e. The van der Waals surface area contributed by atoms with Crippen LogP contribution in [0.25, 0.3) is 0 Å². The van der Waals surface area contributed by atoms with Crippen LogP contribution in [-0.2, 0) is 11.3 Å². The Hall–Kier alpha value is -0.610. The van der Waals surface area contributed by atoms with Crippen molar-refractivity contribution in [2.75, 3.05) is 19.8 Å². The van der Waals surface area contributed by atoms with Crippen LogP contribution in [0.5, 0.6) is 0 Å². The Morgan fingerprint density at radius 1 is 1.53 bits per heavy atom. The summed E-state index contributed by atoms with van der Waals surface area (Å²) in [4.78, 5) is 0. The Bertz CT molecular complexity index is 389. The highest BCUT2D eigenvalue weighted by Gasteiger charge is 2.31. The van der Waals surface area contributed by atoms with Crippen molar-refractivity contribution in [2.45, 2.75) is 25.5 Å². The van der Waals surface area contributed by atoms with E-state index in [9.17, 15) is 5.11 Å². The van der Waals surface area contributed by atoms with Crippen molar-refractivity contribution in [3.63, 3.8) is 0 Å². The van der Waals surface area contributed by atoms with Gasteiger partial charge in [0.15, 0.2) is 0 Å². The molecule has 2 N–H and O–H groups in total. The van der Waals surface area contributed by atoms with Crippen LogP contribution in [0.4, 0.5) is 0 Å². The third kappa shape index (κ3) is 3.42. The molecular weight excluding hydrogens is 238 g/mol. The molecule has 4 heteroatoms. The van der Waals surface area contributed by atoms with Crippen LogP contribution in [0.15, 0.2) is 18.2 Å². The topological polar surface area (TPSA) is 41.5 Å². The zero-order chi connectivity index (χ0) is 12.3. The third-order valence-electron chi connectivity index (χ3n) is 3.10. The van der Waals surface area contributed by atoms with E-state index in [1.165, 1.54) is 0 Å². The molecule has 0 amide bonds. The van der Waals surface area contributed by atoms with Crippen LogP contribution in [0.2, 0.25) is 5.02 Å². The number of aryl methyl sites for hydroxylation is 1. The maximum atomic E-state index is 10.1. The van der Waals surface area contributed by atoms with Gasteiger partial charge in [-0.2, -0.15) is 0 Å². The Kier molecular flexibility index (Phi) is 4.05. The predicted octanol–water partition coefficient (Wildman–Crippen LogP) is 1.89. The molecular formula is C13H18ClNO2. The van der Waals surface area contributed by atoms with Crippen LogP contribution in [-0.4, -0.2) is 30.5 Å². The van der Waals surface area contributed by atoms with E-state index in [0.717, 1.165) is 16.1 Å². The third-order valence-corrected chi connectivity index (χ3v) is 3.51. The Balaban J connectivity index is 1.83. The van der Waals surface area contributed by atoms with E-state index in [1.54, 1.807) is 0 Å². The molecule has 0 bridgehead atoms. The van der Waals surface area contributed by atoms with Gasteiger partial charge in [0.1, 0.15) is 5.60 Å². The molecule has 17 heavy (non-hydrogen) atoms. The van der Waals surface area contributed by atoms with E-state index in [2.05, 4.69) is 5.32 Å².